The van der Waals surface area contributed by atoms with Crippen molar-refractivity contribution in [1.29, 1.82) is 0 Å². The third-order valence-corrected chi connectivity index (χ3v) is 5.62. The van der Waals surface area contributed by atoms with Gasteiger partial charge in [-0.1, -0.05) is 18.2 Å². The summed E-state index contributed by atoms with van der Waals surface area (Å²) in [5.41, 5.74) is 1.12. The van der Waals surface area contributed by atoms with Crippen molar-refractivity contribution in [3.63, 3.8) is 0 Å². The van der Waals surface area contributed by atoms with Crippen molar-refractivity contribution in [2.45, 2.75) is 12.6 Å². The quantitative estimate of drug-likeness (QED) is 0.737. The molecule has 1 atom stereocenters. The molecule has 3 aliphatic heterocycles. The molecule has 2 saturated heterocycles. The monoisotopic (exact) mass is 358 g/mol. The summed E-state index contributed by atoms with van der Waals surface area (Å²) in [5.74, 6) is 1.14. The number of hydrogen-bond donors (Lipinski definition) is 0. The first-order chi connectivity index (χ1) is 12.6. The first kappa shape index (κ1) is 17.3. The van der Waals surface area contributed by atoms with Gasteiger partial charge in [-0.15, -0.1) is 0 Å². The van der Waals surface area contributed by atoms with Gasteiger partial charge in [0.25, 0.3) is 0 Å². The lowest BCUT2D eigenvalue weighted by Crippen LogP contribution is -2.65. The van der Waals surface area contributed by atoms with Crippen LogP contribution in [0.3, 0.4) is 0 Å². The van der Waals surface area contributed by atoms with E-state index in [1.54, 1.807) is 4.90 Å². The Labute approximate surface area is 154 Å². The van der Waals surface area contributed by atoms with Gasteiger partial charge in [-0.05, 0) is 6.07 Å². The largest absolute Gasteiger partial charge is 0.492 e. The van der Waals surface area contributed by atoms with E-state index in [1.807, 2.05) is 36.2 Å². The Balaban J connectivity index is 1.38. The van der Waals surface area contributed by atoms with E-state index in [-0.39, 0.29) is 17.9 Å². The minimum atomic E-state index is -0.181. The highest BCUT2D eigenvalue weighted by molar-refractivity contribution is 5.85. The maximum absolute atomic E-state index is 12.9. The van der Waals surface area contributed by atoms with Gasteiger partial charge in [0.2, 0.25) is 11.8 Å². The van der Waals surface area contributed by atoms with Gasteiger partial charge in [0, 0.05) is 58.4 Å². The minimum Gasteiger partial charge on any atom is -0.492 e. The maximum atomic E-state index is 12.9. The van der Waals surface area contributed by atoms with Gasteiger partial charge in [-0.3, -0.25) is 19.4 Å². The molecule has 0 unspecified atom stereocenters. The lowest BCUT2D eigenvalue weighted by atomic mass is 10.1. The molecule has 1 aromatic rings. The molecule has 2 fully saturated rings. The molecule has 0 saturated carbocycles. The topological polar surface area (TPSA) is 56.3 Å². The highest BCUT2D eigenvalue weighted by Crippen LogP contribution is 2.22. The molecule has 4 rings (SSSR count). The van der Waals surface area contributed by atoms with E-state index >= 15 is 0 Å². The van der Waals surface area contributed by atoms with Crippen molar-refractivity contribution in [3.05, 3.63) is 29.8 Å². The number of rotatable bonds is 2. The van der Waals surface area contributed by atoms with Gasteiger partial charge in [0.1, 0.15) is 18.4 Å². The van der Waals surface area contributed by atoms with Crippen molar-refractivity contribution in [2.24, 2.45) is 0 Å². The highest BCUT2D eigenvalue weighted by atomic mass is 16.5. The molecule has 0 aromatic heterocycles. The molecule has 7 nitrogen and oxygen atoms in total. The van der Waals surface area contributed by atoms with E-state index in [0.29, 0.717) is 32.8 Å². The molecule has 0 aliphatic carbocycles. The Morgan fingerprint density at radius 1 is 1.15 bits per heavy atom. The van der Waals surface area contributed by atoms with Gasteiger partial charge < -0.3 is 14.5 Å². The second kappa shape index (κ2) is 7.25. The predicted octanol–water partition coefficient (Wildman–Crippen LogP) is -0.134. The minimum absolute atomic E-state index is 0.102. The molecule has 0 spiro atoms. The summed E-state index contributed by atoms with van der Waals surface area (Å²) in [6.07, 6.45) is 0. The Morgan fingerprint density at radius 3 is 2.85 bits per heavy atom. The summed E-state index contributed by atoms with van der Waals surface area (Å²) in [4.78, 5) is 33.3. The third kappa shape index (κ3) is 3.41. The summed E-state index contributed by atoms with van der Waals surface area (Å²) >= 11 is 0. The lowest BCUT2D eigenvalue weighted by Gasteiger charge is -2.45. The van der Waals surface area contributed by atoms with E-state index in [4.69, 9.17) is 4.74 Å². The van der Waals surface area contributed by atoms with Crippen LogP contribution in [0.15, 0.2) is 24.3 Å². The molecule has 0 bridgehead atoms. The second-order valence-corrected chi connectivity index (χ2v) is 7.32. The average Bonchev–Trinajstić information content (AvgIpc) is 2.86. The van der Waals surface area contributed by atoms with Crippen molar-refractivity contribution in [2.75, 3.05) is 59.5 Å². The fourth-order valence-electron chi connectivity index (χ4n) is 4.00. The van der Waals surface area contributed by atoms with E-state index in [1.165, 1.54) is 0 Å². The summed E-state index contributed by atoms with van der Waals surface area (Å²) in [5, 5.41) is 0. The molecule has 2 amide bonds. The van der Waals surface area contributed by atoms with Crippen LogP contribution in [0.1, 0.15) is 5.56 Å². The van der Waals surface area contributed by atoms with Crippen molar-refractivity contribution >= 4 is 11.8 Å². The molecule has 7 heteroatoms. The maximum Gasteiger partial charge on any atom is 0.241 e. The van der Waals surface area contributed by atoms with Gasteiger partial charge in [-0.25, -0.2) is 0 Å². The number of carbonyl (C=O) groups is 2. The number of amides is 2. The molecule has 1 aromatic carbocycles. The molecule has 0 N–H and O–H groups in total. The fourth-order valence-corrected chi connectivity index (χ4v) is 4.00. The SMILES string of the molecule is CN1CCN2CCN(C(=O)CN3CCOc4ccccc4C3)C[C@H]2C1=O. The van der Waals surface area contributed by atoms with Gasteiger partial charge in [0.15, 0.2) is 0 Å². The normalized spacial score (nSPS) is 24.5. The standard InChI is InChI=1S/C19H26N4O3/c1-20-6-7-22-8-9-23(13-16(22)19(20)25)18(24)14-21-10-11-26-17-5-3-2-4-15(17)12-21/h2-5,16H,6-14H2,1H3/t16-/m0/s1. The number of ether oxygens (including phenoxy) is 1. The van der Waals surface area contributed by atoms with Crippen molar-refractivity contribution < 1.29 is 14.3 Å². The summed E-state index contributed by atoms with van der Waals surface area (Å²) in [6.45, 7) is 6.06. The summed E-state index contributed by atoms with van der Waals surface area (Å²) in [6, 6.07) is 7.81. The number of hydrogen-bond acceptors (Lipinski definition) is 5. The van der Waals surface area contributed by atoms with E-state index in [0.717, 1.165) is 37.5 Å². The van der Waals surface area contributed by atoms with Gasteiger partial charge in [-0.2, -0.15) is 0 Å². The van der Waals surface area contributed by atoms with Crippen molar-refractivity contribution in [1.82, 2.24) is 19.6 Å². The number of benzene rings is 1. The van der Waals surface area contributed by atoms with Crippen LogP contribution in [-0.4, -0.2) is 96.9 Å². The molecule has 3 aliphatic rings. The van der Waals surface area contributed by atoms with E-state index in [2.05, 4.69) is 9.80 Å². The zero-order valence-corrected chi connectivity index (χ0v) is 15.3. The second-order valence-electron chi connectivity index (χ2n) is 7.32. The van der Waals surface area contributed by atoms with E-state index < -0.39 is 0 Å². The predicted molar refractivity (Wildman–Crippen MR) is 96.8 cm³/mol. The Bertz CT molecular complexity index is 695. The smallest absolute Gasteiger partial charge is 0.241 e. The first-order valence-corrected chi connectivity index (χ1v) is 9.31. The zero-order valence-electron chi connectivity index (χ0n) is 15.3. The van der Waals surface area contributed by atoms with Crippen LogP contribution in [0.25, 0.3) is 0 Å². The van der Waals surface area contributed by atoms with Crippen LogP contribution in [0.4, 0.5) is 0 Å². The van der Waals surface area contributed by atoms with Crippen LogP contribution >= 0.6 is 0 Å². The number of para-hydroxylation sites is 1. The molecular weight excluding hydrogens is 332 g/mol. The molecule has 3 heterocycles. The lowest BCUT2D eigenvalue weighted by molar-refractivity contribution is -0.147. The number of piperazine rings is 2. The molecule has 0 radical (unpaired) electrons. The van der Waals surface area contributed by atoms with E-state index in [9.17, 15) is 9.59 Å². The summed E-state index contributed by atoms with van der Waals surface area (Å²) in [7, 11) is 1.84. The summed E-state index contributed by atoms with van der Waals surface area (Å²) < 4.78 is 5.78. The van der Waals surface area contributed by atoms with Gasteiger partial charge >= 0.3 is 0 Å². The number of likely N-dealkylation sites (N-methyl/N-ethyl adjacent to an activating group) is 1. The Morgan fingerprint density at radius 2 is 1.96 bits per heavy atom. The van der Waals surface area contributed by atoms with Crippen LogP contribution in [0.5, 0.6) is 5.75 Å². The van der Waals surface area contributed by atoms with Crippen LogP contribution in [0, 0.1) is 0 Å². The Kier molecular flexibility index (Phi) is 4.82. The Hall–Kier alpha value is -2.12. The number of nitrogens with zero attached hydrogens (tertiary/aromatic N) is 4. The van der Waals surface area contributed by atoms with Crippen LogP contribution < -0.4 is 4.74 Å². The highest BCUT2D eigenvalue weighted by Gasteiger charge is 2.38. The molecular formula is C19H26N4O3. The van der Waals surface area contributed by atoms with Gasteiger partial charge in [0.05, 0.1) is 6.54 Å². The fraction of sp³-hybridized carbons (Fsp3) is 0.579. The number of carbonyl (C=O) groups excluding carboxylic acids is 2. The average molecular weight is 358 g/mol. The molecule has 26 heavy (non-hydrogen) atoms. The zero-order chi connectivity index (χ0) is 18.1. The molecule has 140 valence electrons. The number of fused-ring (bicyclic) bond motifs is 2. The van der Waals surface area contributed by atoms with Crippen molar-refractivity contribution in [3.8, 4) is 5.75 Å². The first-order valence-electron chi connectivity index (χ1n) is 9.31. The van der Waals surface area contributed by atoms with Crippen LogP contribution in [0.2, 0.25) is 0 Å². The third-order valence-electron chi connectivity index (χ3n) is 5.62. The van der Waals surface area contributed by atoms with Crippen LogP contribution in [-0.2, 0) is 16.1 Å².